The minimum atomic E-state index is -0.938. The van der Waals surface area contributed by atoms with Crippen LogP contribution in [0.1, 0.15) is 13.3 Å². The number of imidazole rings is 1. The molecule has 3 aromatic rings. The second-order valence-corrected chi connectivity index (χ2v) is 8.65. The minimum Gasteiger partial charge on any atom is -0.507 e. The second-order valence-electron chi connectivity index (χ2n) is 8.65. The normalized spacial score (nSPS) is 28.2. The number of hydrogen-bond donors (Lipinski definition) is 1. The van der Waals surface area contributed by atoms with E-state index in [1.807, 2.05) is 60.9 Å². The van der Waals surface area contributed by atoms with Crippen LogP contribution >= 0.6 is 0 Å². The Morgan fingerprint density at radius 3 is 2.67 bits per heavy atom. The Morgan fingerprint density at radius 1 is 1.23 bits per heavy atom. The Labute approximate surface area is 174 Å². The van der Waals surface area contributed by atoms with Crippen LogP contribution in [0.4, 0.5) is 10.2 Å². The topological polar surface area (TPSA) is 70.3 Å². The van der Waals surface area contributed by atoms with Crippen LogP contribution in [0.5, 0.6) is 5.75 Å². The lowest BCUT2D eigenvalue weighted by Gasteiger charge is -2.42. The first kappa shape index (κ1) is 19.0. The molecule has 0 spiro atoms. The van der Waals surface area contributed by atoms with Crippen molar-refractivity contribution in [1.82, 2.24) is 24.6 Å². The lowest BCUT2D eigenvalue weighted by Crippen LogP contribution is -2.57. The molecule has 2 fully saturated rings. The van der Waals surface area contributed by atoms with E-state index in [4.69, 9.17) is 0 Å². The highest BCUT2D eigenvalue weighted by atomic mass is 19.1. The first-order valence-corrected chi connectivity index (χ1v) is 10.1. The van der Waals surface area contributed by atoms with Crippen molar-refractivity contribution in [2.75, 3.05) is 25.5 Å². The summed E-state index contributed by atoms with van der Waals surface area (Å²) in [7, 11) is 3.89. The fourth-order valence-corrected chi connectivity index (χ4v) is 5.10. The smallest absolute Gasteiger partial charge is 0.151 e. The Bertz CT molecular complexity index is 1060. The van der Waals surface area contributed by atoms with E-state index in [-0.39, 0.29) is 17.7 Å². The predicted octanol–water partition coefficient (Wildman–Crippen LogP) is 2.90. The number of piperidine rings is 1. The molecule has 5 rings (SSSR count). The molecule has 2 aliphatic rings. The lowest BCUT2D eigenvalue weighted by atomic mass is 9.95. The minimum absolute atomic E-state index is 0.115. The maximum absolute atomic E-state index is 15.2. The van der Waals surface area contributed by atoms with Crippen LogP contribution in [0.3, 0.4) is 0 Å². The SMILES string of the molecule is CN(c1ccc(-c2ccc(-n3ccnc3)cc2O)nn1)[C@H]1C2CN(C)[C@@](C)(C2)[C@@H]1F. The number of hydrogen-bond acceptors (Lipinski definition) is 6. The van der Waals surface area contributed by atoms with Crippen LogP contribution in [-0.4, -0.2) is 68.1 Å². The maximum atomic E-state index is 15.2. The monoisotopic (exact) mass is 408 g/mol. The number of aromatic nitrogens is 4. The molecule has 7 nitrogen and oxygen atoms in total. The average molecular weight is 408 g/mol. The number of anilines is 1. The van der Waals surface area contributed by atoms with Crippen LogP contribution in [0.25, 0.3) is 16.9 Å². The molecule has 4 atom stereocenters. The number of aromatic hydroxyl groups is 1. The summed E-state index contributed by atoms with van der Waals surface area (Å²) >= 11 is 0. The third kappa shape index (κ3) is 2.78. The number of benzene rings is 1. The number of fused-ring (bicyclic) bond motifs is 2. The third-order valence-electron chi connectivity index (χ3n) is 6.95. The van der Waals surface area contributed by atoms with Crippen LogP contribution in [-0.2, 0) is 0 Å². The largest absolute Gasteiger partial charge is 0.507 e. The van der Waals surface area contributed by atoms with Gasteiger partial charge in [0.1, 0.15) is 11.9 Å². The number of likely N-dealkylation sites (tertiary alicyclic amines) is 1. The number of halogens is 1. The Kier molecular flexibility index (Phi) is 4.28. The second kappa shape index (κ2) is 6.77. The van der Waals surface area contributed by atoms with Gasteiger partial charge in [-0.25, -0.2) is 9.37 Å². The van der Waals surface area contributed by atoms with E-state index in [2.05, 4.69) is 20.1 Å². The zero-order valence-electron chi connectivity index (χ0n) is 17.3. The third-order valence-corrected chi connectivity index (χ3v) is 6.95. The van der Waals surface area contributed by atoms with Crippen molar-refractivity contribution in [3.8, 4) is 22.7 Å². The maximum Gasteiger partial charge on any atom is 0.151 e. The lowest BCUT2D eigenvalue weighted by molar-refractivity contribution is 0.0572. The first-order valence-electron chi connectivity index (χ1n) is 10.1. The van der Waals surface area contributed by atoms with Gasteiger partial charge < -0.3 is 14.6 Å². The van der Waals surface area contributed by atoms with Crippen molar-refractivity contribution in [2.24, 2.45) is 5.92 Å². The van der Waals surface area contributed by atoms with Crippen LogP contribution in [0, 0.1) is 5.92 Å². The average Bonchev–Trinajstić information content (AvgIpc) is 3.42. The van der Waals surface area contributed by atoms with Gasteiger partial charge in [-0.2, -0.15) is 0 Å². The molecule has 2 aromatic heterocycles. The summed E-state index contributed by atoms with van der Waals surface area (Å²) in [5, 5.41) is 19.1. The molecule has 1 saturated heterocycles. The molecular formula is C22H25FN6O. The number of phenols is 1. The summed E-state index contributed by atoms with van der Waals surface area (Å²) in [6.07, 6.45) is 5.09. The molecule has 0 radical (unpaired) electrons. The van der Waals surface area contributed by atoms with E-state index in [0.29, 0.717) is 17.1 Å². The van der Waals surface area contributed by atoms with Gasteiger partial charge in [-0.1, -0.05) is 0 Å². The first-order chi connectivity index (χ1) is 14.4. The molecule has 8 heteroatoms. The predicted molar refractivity (Wildman–Crippen MR) is 112 cm³/mol. The molecule has 1 aliphatic heterocycles. The Morgan fingerprint density at radius 2 is 2.07 bits per heavy atom. The Balaban J connectivity index is 1.37. The van der Waals surface area contributed by atoms with Gasteiger partial charge in [0.05, 0.1) is 29.3 Å². The standard InChI is InChI=1S/C22H25FN6O/c1-22-11-14(12-27(22)2)20(21(22)23)28(3)19-7-6-17(25-26-19)16-5-4-15(10-18(16)30)29-9-8-24-13-29/h4-10,13-14,20-21,30H,11-12H2,1-3H3/t14?,20-,21+,22-/m0/s1. The molecule has 1 saturated carbocycles. The van der Waals surface area contributed by atoms with Gasteiger partial charge in [-0.15, -0.1) is 10.2 Å². The van der Waals surface area contributed by atoms with Crippen molar-refractivity contribution in [2.45, 2.75) is 31.1 Å². The highest BCUT2D eigenvalue weighted by Gasteiger charge is 2.60. The van der Waals surface area contributed by atoms with E-state index in [0.717, 1.165) is 18.7 Å². The van der Waals surface area contributed by atoms with Gasteiger partial charge >= 0.3 is 0 Å². The van der Waals surface area contributed by atoms with Crippen molar-refractivity contribution in [3.63, 3.8) is 0 Å². The van der Waals surface area contributed by atoms with E-state index in [9.17, 15) is 5.11 Å². The number of alkyl halides is 1. The zero-order chi connectivity index (χ0) is 21.0. The number of rotatable bonds is 4. The highest BCUT2D eigenvalue weighted by Crippen LogP contribution is 2.49. The molecule has 2 bridgehead atoms. The summed E-state index contributed by atoms with van der Waals surface area (Å²) < 4.78 is 17.0. The van der Waals surface area contributed by atoms with Gasteiger partial charge in [0.15, 0.2) is 5.82 Å². The van der Waals surface area contributed by atoms with Crippen molar-refractivity contribution in [3.05, 3.63) is 49.1 Å². The van der Waals surface area contributed by atoms with Gasteiger partial charge in [0, 0.05) is 37.6 Å². The summed E-state index contributed by atoms with van der Waals surface area (Å²) in [5.41, 5.74) is 1.57. The van der Waals surface area contributed by atoms with E-state index in [1.165, 1.54) is 0 Å². The molecule has 3 heterocycles. The number of phenolic OH excluding ortho intramolecular Hbond substituents is 1. The molecular weight excluding hydrogens is 383 g/mol. The summed E-state index contributed by atoms with van der Waals surface area (Å²) in [5.74, 6) is 1.03. The zero-order valence-corrected chi connectivity index (χ0v) is 17.3. The quantitative estimate of drug-likeness (QED) is 0.716. The fraction of sp³-hybridized carbons (Fsp3) is 0.409. The molecule has 1 aromatic carbocycles. The van der Waals surface area contributed by atoms with Crippen LogP contribution in [0.2, 0.25) is 0 Å². The molecule has 1 aliphatic carbocycles. The van der Waals surface area contributed by atoms with Crippen LogP contribution < -0.4 is 4.90 Å². The fourth-order valence-electron chi connectivity index (χ4n) is 5.10. The molecule has 156 valence electrons. The van der Waals surface area contributed by atoms with E-state index >= 15 is 4.39 Å². The van der Waals surface area contributed by atoms with Crippen molar-refractivity contribution in [1.29, 1.82) is 0 Å². The van der Waals surface area contributed by atoms with Gasteiger partial charge in [0.25, 0.3) is 0 Å². The van der Waals surface area contributed by atoms with Gasteiger partial charge in [-0.05, 0) is 50.6 Å². The van der Waals surface area contributed by atoms with Crippen molar-refractivity contribution < 1.29 is 9.50 Å². The number of nitrogens with zero attached hydrogens (tertiary/aromatic N) is 6. The van der Waals surface area contributed by atoms with Gasteiger partial charge in [-0.3, -0.25) is 4.90 Å². The molecule has 1 N–H and O–H groups in total. The van der Waals surface area contributed by atoms with Crippen molar-refractivity contribution >= 4 is 5.82 Å². The van der Waals surface area contributed by atoms with E-state index < -0.39 is 11.7 Å². The summed E-state index contributed by atoms with van der Waals surface area (Å²) in [6.45, 7) is 2.91. The van der Waals surface area contributed by atoms with E-state index in [1.54, 1.807) is 18.6 Å². The van der Waals surface area contributed by atoms with Gasteiger partial charge in [0.2, 0.25) is 0 Å². The Hall–Kier alpha value is -3.00. The molecule has 1 unspecified atom stereocenters. The summed E-state index contributed by atoms with van der Waals surface area (Å²) in [4.78, 5) is 8.08. The highest BCUT2D eigenvalue weighted by molar-refractivity contribution is 5.69. The van der Waals surface area contributed by atoms with Crippen LogP contribution in [0.15, 0.2) is 49.1 Å². The summed E-state index contributed by atoms with van der Waals surface area (Å²) in [6, 6.07) is 8.82. The molecule has 0 amide bonds. The molecule has 30 heavy (non-hydrogen) atoms.